The molecule has 0 aliphatic heterocycles. The van der Waals surface area contributed by atoms with Crippen molar-refractivity contribution in [1.82, 2.24) is 0 Å². The molecule has 0 aromatic heterocycles. The van der Waals surface area contributed by atoms with Crippen LogP contribution >= 0.6 is 0 Å². The fourth-order valence-electron chi connectivity index (χ4n) is 1.79. The Bertz CT molecular complexity index is 525. The van der Waals surface area contributed by atoms with E-state index in [2.05, 4.69) is 0 Å². The van der Waals surface area contributed by atoms with Gasteiger partial charge < -0.3 is 20.1 Å². The largest absolute Gasteiger partial charge is 0.491 e. The number of rotatable bonds is 8. The zero-order chi connectivity index (χ0) is 17.0. The summed E-state index contributed by atoms with van der Waals surface area (Å²) in [4.78, 5) is 24.1. The van der Waals surface area contributed by atoms with Crippen molar-refractivity contribution >= 4 is 11.6 Å². The molecule has 6 heteroatoms. The lowest BCUT2D eigenvalue weighted by Gasteiger charge is -2.25. The first-order chi connectivity index (χ1) is 10.1. The topological polar surface area (TPSA) is 104 Å². The van der Waals surface area contributed by atoms with E-state index in [9.17, 15) is 19.8 Å². The van der Waals surface area contributed by atoms with E-state index >= 15 is 0 Å². The Morgan fingerprint density at radius 1 is 1.09 bits per heavy atom. The maximum atomic E-state index is 12.3. The molecule has 1 unspecified atom stereocenters. The number of hydrogen-bond acceptors (Lipinski definition) is 6. The molecule has 0 spiro atoms. The van der Waals surface area contributed by atoms with Gasteiger partial charge in [0.05, 0.1) is 6.61 Å². The van der Waals surface area contributed by atoms with Crippen molar-refractivity contribution in [2.75, 3.05) is 13.2 Å². The van der Waals surface area contributed by atoms with E-state index in [0.717, 1.165) is 0 Å². The molecule has 6 nitrogen and oxygen atoms in total. The second kappa shape index (κ2) is 7.00. The van der Waals surface area contributed by atoms with Gasteiger partial charge in [0.2, 0.25) is 0 Å². The van der Waals surface area contributed by atoms with Crippen LogP contribution in [0.5, 0.6) is 5.75 Å². The number of hydrogen-bond donors (Lipinski definition) is 3. The molecule has 0 saturated heterocycles. The van der Waals surface area contributed by atoms with E-state index in [0.29, 0.717) is 5.75 Å². The van der Waals surface area contributed by atoms with E-state index in [1.165, 1.54) is 45.0 Å². The second-order valence-electron chi connectivity index (χ2n) is 5.86. The number of benzene rings is 1. The monoisotopic (exact) mass is 310 g/mol. The molecule has 3 N–H and O–H groups in total. The molecular weight excluding hydrogens is 288 g/mol. The second-order valence-corrected chi connectivity index (χ2v) is 5.86. The van der Waals surface area contributed by atoms with E-state index in [-0.39, 0.29) is 18.8 Å². The highest BCUT2D eigenvalue weighted by atomic mass is 16.5. The third kappa shape index (κ3) is 4.91. The van der Waals surface area contributed by atoms with Gasteiger partial charge in [0.25, 0.3) is 0 Å². The minimum Gasteiger partial charge on any atom is -0.491 e. The number of aliphatic hydroxyl groups is 3. The van der Waals surface area contributed by atoms with Gasteiger partial charge in [0.1, 0.15) is 23.6 Å². The highest BCUT2D eigenvalue weighted by Gasteiger charge is 2.37. The molecule has 1 aromatic carbocycles. The summed E-state index contributed by atoms with van der Waals surface area (Å²) in [5, 5.41) is 28.5. The van der Waals surface area contributed by atoms with Crippen molar-refractivity contribution in [2.24, 2.45) is 0 Å². The fourth-order valence-corrected chi connectivity index (χ4v) is 1.79. The van der Waals surface area contributed by atoms with Gasteiger partial charge in [0.15, 0.2) is 11.6 Å². The summed E-state index contributed by atoms with van der Waals surface area (Å²) in [6.07, 6.45) is -0.474. The van der Waals surface area contributed by atoms with Crippen molar-refractivity contribution in [3.05, 3.63) is 29.8 Å². The Labute approximate surface area is 129 Å². The maximum absolute atomic E-state index is 12.3. The number of carbonyl (C=O) groups excluding carboxylic acids is 2. The molecule has 122 valence electrons. The van der Waals surface area contributed by atoms with Crippen LogP contribution in [-0.4, -0.2) is 51.3 Å². The predicted molar refractivity (Wildman–Crippen MR) is 79.9 cm³/mol. The molecule has 0 fully saturated rings. The molecule has 1 aromatic rings. The molecule has 1 atom stereocenters. The lowest BCUT2D eigenvalue weighted by atomic mass is 9.86. The minimum absolute atomic E-state index is 0.117. The molecular formula is C16H22O6. The highest BCUT2D eigenvalue weighted by Crippen LogP contribution is 2.22. The number of aliphatic hydroxyl groups excluding tert-OH is 1. The van der Waals surface area contributed by atoms with Gasteiger partial charge in [0, 0.05) is 12.0 Å². The summed E-state index contributed by atoms with van der Waals surface area (Å²) < 4.78 is 5.17. The normalized spacial score (nSPS) is 14.3. The third-order valence-electron chi connectivity index (χ3n) is 3.15. The van der Waals surface area contributed by atoms with Crippen LogP contribution in [0.3, 0.4) is 0 Å². The maximum Gasteiger partial charge on any atom is 0.194 e. The zero-order valence-electron chi connectivity index (χ0n) is 13.0. The van der Waals surface area contributed by atoms with Gasteiger partial charge in [-0.25, -0.2) is 0 Å². The molecule has 22 heavy (non-hydrogen) atoms. The smallest absolute Gasteiger partial charge is 0.194 e. The molecule has 0 saturated carbocycles. The van der Waals surface area contributed by atoms with Crippen molar-refractivity contribution in [2.45, 2.75) is 38.4 Å². The van der Waals surface area contributed by atoms with Crippen molar-refractivity contribution < 1.29 is 29.6 Å². The van der Waals surface area contributed by atoms with Crippen molar-refractivity contribution in [3.63, 3.8) is 0 Å². The van der Waals surface area contributed by atoms with E-state index in [1.807, 2.05) is 0 Å². The van der Waals surface area contributed by atoms with Crippen LogP contribution in [0.4, 0.5) is 0 Å². The minimum atomic E-state index is -1.90. The van der Waals surface area contributed by atoms with Gasteiger partial charge >= 0.3 is 0 Å². The first-order valence-electron chi connectivity index (χ1n) is 6.94. The zero-order valence-corrected chi connectivity index (χ0v) is 13.0. The Morgan fingerprint density at radius 3 is 2.09 bits per heavy atom. The highest BCUT2D eigenvalue weighted by molar-refractivity contribution is 6.05. The van der Waals surface area contributed by atoms with Crippen LogP contribution in [0, 0.1) is 0 Å². The first kappa shape index (κ1) is 18.3. The van der Waals surface area contributed by atoms with Crippen LogP contribution in [0.2, 0.25) is 0 Å². The number of ketones is 2. The van der Waals surface area contributed by atoms with Gasteiger partial charge in [-0.3, -0.25) is 9.59 Å². The standard InChI is InChI=1S/C16H22O6/c1-15(2,20)13(18)10-16(3,21)14(19)11-4-6-12(7-5-11)22-9-8-17/h4-7,17,20-21H,8-10H2,1-3H3. The third-order valence-corrected chi connectivity index (χ3v) is 3.15. The average molecular weight is 310 g/mol. The summed E-state index contributed by atoms with van der Waals surface area (Å²) in [7, 11) is 0. The first-order valence-corrected chi connectivity index (χ1v) is 6.94. The van der Waals surface area contributed by atoms with Crippen LogP contribution in [-0.2, 0) is 4.79 Å². The van der Waals surface area contributed by atoms with Crippen LogP contribution in [0.25, 0.3) is 0 Å². The summed E-state index contributed by atoms with van der Waals surface area (Å²) in [5.74, 6) is -0.745. The fraction of sp³-hybridized carbons (Fsp3) is 0.500. The van der Waals surface area contributed by atoms with Crippen molar-refractivity contribution in [1.29, 1.82) is 0 Å². The van der Waals surface area contributed by atoms with Gasteiger partial charge in [-0.05, 0) is 45.0 Å². The molecule has 1 rings (SSSR count). The van der Waals surface area contributed by atoms with Crippen molar-refractivity contribution in [3.8, 4) is 5.75 Å². The molecule has 0 radical (unpaired) electrons. The van der Waals surface area contributed by atoms with Crippen LogP contribution in [0.1, 0.15) is 37.6 Å². The Morgan fingerprint density at radius 2 is 1.64 bits per heavy atom. The summed E-state index contributed by atoms with van der Waals surface area (Å²) in [6, 6.07) is 6.02. The quantitative estimate of drug-likeness (QED) is 0.611. The van der Waals surface area contributed by atoms with E-state index < -0.39 is 29.2 Å². The summed E-state index contributed by atoms with van der Waals surface area (Å²) in [5.41, 5.74) is -3.28. The lowest BCUT2D eigenvalue weighted by molar-refractivity contribution is -0.137. The average Bonchev–Trinajstić information content (AvgIpc) is 2.43. The Kier molecular flexibility index (Phi) is 5.82. The number of Topliss-reactive ketones (excluding diaryl/α,β-unsaturated/α-hetero) is 2. The van der Waals surface area contributed by atoms with Gasteiger partial charge in [-0.15, -0.1) is 0 Å². The van der Waals surface area contributed by atoms with E-state index in [4.69, 9.17) is 9.84 Å². The number of ether oxygens (including phenoxy) is 1. The molecule has 0 aliphatic carbocycles. The molecule has 0 heterocycles. The summed E-state index contributed by atoms with van der Waals surface area (Å²) in [6.45, 7) is 3.89. The molecule has 0 amide bonds. The number of carbonyl (C=O) groups is 2. The van der Waals surface area contributed by atoms with Gasteiger partial charge in [-0.2, -0.15) is 0 Å². The van der Waals surface area contributed by atoms with Gasteiger partial charge in [-0.1, -0.05) is 0 Å². The van der Waals surface area contributed by atoms with Crippen LogP contribution < -0.4 is 4.74 Å². The molecule has 0 aliphatic rings. The Hall–Kier alpha value is -1.76. The Balaban J connectivity index is 2.83. The summed E-state index contributed by atoms with van der Waals surface area (Å²) >= 11 is 0. The van der Waals surface area contributed by atoms with Crippen LogP contribution in [0.15, 0.2) is 24.3 Å². The predicted octanol–water partition coefficient (Wildman–Crippen LogP) is 0.722. The van der Waals surface area contributed by atoms with E-state index in [1.54, 1.807) is 0 Å². The SMILES string of the molecule is CC(C)(O)C(=O)CC(C)(O)C(=O)c1ccc(OCCO)cc1. The lowest BCUT2D eigenvalue weighted by Crippen LogP contribution is -2.43. The molecule has 0 bridgehead atoms.